The van der Waals surface area contributed by atoms with E-state index in [2.05, 4.69) is 14.7 Å². The van der Waals surface area contributed by atoms with E-state index >= 15 is 0 Å². The summed E-state index contributed by atoms with van der Waals surface area (Å²) in [6.45, 7) is 2.20. The van der Waals surface area contributed by atoms with Crippen molar-refractivity contribution in [1.82, 2.24) is 9.36 Å². The predicted molar refractivity (Wildman–Crippen MR) is 44.7 cm³/mol. The molecule has 1 aromatic heterocycles. The van der Waals surface area contributed by atoms with Gasteiger partial charge in [-0.05, 0) is 13.3 Å². The highest BCUT2D eigenvalue weighted by atomic mass is 32.1. The van der Waals surface area contributed by atoms with Crippen molar-refractivity contribution < 1.29 is 5.11 Å². The molecule has 0 saturated carbocycles. The highest BCUT2D eigenvalue weighted by Gasteiger charge is 2.01. The number of aliphatic hydroxyl groups is 1. The quantitative estimate of drug-likeness (QED) is 0.704. The van der Waals surface area contributed by atoms with Gasteiger partial charge in [0.1, 0.15) is 6.33 Å². The Morgan fingerprint density at radius 2 is 2.64 bits per heavy atom. The summed E-state index contributed by atoms with van der Waals surface area (Å²) >= 11 is 1.32. The van der Waals surface area contributed by atoms with Gasteiger partial charge in [0, 0.05) is 24.2 Å². The average Bonchev–Trinajstić information content (AvgIpc) is 2.40. The number of rotatable bonds is 4. The molecular formula is C6H11N3OS. The van der Waals surface area contributed by atoms with Gasteiger partial charge in [-0.15, -0.1) is 0 Å². The minimum Gasteiger partial charge on any atom is -0.396 e. The molecule has 11 heavy (non-hydrogen) atoms. The molecule has 0 bridgehead atoms. The summed E-state index contributed by atoms with van der Waals surface area (Å²) < 4.78 is 3.84. The Balaban J connectivity index is 2.31. The molecule has 0 aliphatic heterocycles. The van der Waals surface area contributed by atoms with Crippen molar-refractivity contribution in [2.75, 3.05) is 11.9 Å². The van der Waals surface area contributed by atoms with Gasteiger partial charge in [-0.1, -0.05) is 0 Å². The Bertz CT molecular complexity index is 190. The van der Waals surface area contributed by atoms with Gasteiger partial charge < -0.3 is 10.4 Å². The Hall–Kier alpha value is -0.680. The molecule has 1 rings (SSSR count). The lowest BCUT2D eigenvalue weighted by molar-refractivity contribution is 0.282. The topological polar surface area (TPSA) is 58.0 Å². The maximum atomic E-state index is 8.59. The van der Waals surface area contributed by atoms with Gasteiger partial charge in [0.05, 0.1) is 0 Å². The number of nitrogens with one attached hydrogen (secondary N) is 1. The van der Waals surface area contributed by atoms with E-state index in [1.54, 1.807) is 0 Å². The molecule has 0 saturated heterocycles. The van der Waals surface area contributed by atoms with E-state index in [1.807, 2.05) is 6.92 Å². The van der Waals surface area contributed by atoms with Gasteiger partial charge in [0.2, 0.25) is 5.13 Å². The molecule has 1 unspecified atom stereocenters. The summed E-state index contributed by atoms with van der Waals surface area (Å²) in [5, 5.41) is 12.5. The van der Waals surface area contributed by atoms with Crippen molar-refractivity contribution in [3.63, 3.8) is 0 Å². The Morgan fingerprint density at radius 3 is 3.18 bits per heavy atom. The molecule has 2 N–H and O–H groups in total. The van der Waals surface area contributed by atoms with E-state index < -0.39 is 0 Å². The fraction of sp³-hybridized carbons (Fsp3) is 0.667. The average molecular weight is 173 g/mol. The van der Waals surface area contributed by atoms with Crippen LogP contribution in [0, 0.1) is 0 Å². The summed E-state index contributed by atoms with van der Waals surface area (Å²) in [7, 11) is 0. The number of anilines is 1. The Labute approximate surface area is 69.5 Å². The fourth-order valence-corrected chi connectivity index (χ4v) is 1.26. The number of aromatic nitrogens is 2. The van der Waals surface area contributed by atoms with Crippen LogP contribution < -0.4 is 5.32 Å². The zero-order valence-electron chi connectivity index (χ0n) is 6.32. The summed E-state index contributed by atoms with van der Waals surface area (Å²) in [6, 6.07) is 0.257. The monoisotopic (exact) mass is 173 g/mol. The largest absolute Gasteiger partial charge is 0.396 e. The lowest BCUT2D eigenvalue weighted by Crippen LogP contribution is -2.16. The summed E-state index contributed by atoms with van der Waals surface area (Å²) in [5.41, 5.74) is 0. The van der Waals surface area contributed by atoms with Gasteiger partial charge in [0.15, 0.2) is 0 Å². The van der Waals surface area contributed by atoms with E-state index in [9.17, 15) is 0 Å². The van der Waals surface area contributed by atoms with Gasteiger partial charge in [-0.25, -0.2) is 4.98 Å². The molecule has 1 atom stereocenters. The van der Waals surface area contributed by atoms with Gasteiger partial charge >= 0.3 is 0 Å². The number of hydrogen-bond donors (Lipinski definition) is 2. The molecule has 1 heterocycles. The molecule has 0 spiro atoms. The van der Waals surface area contributed by atoms with Crippen LogP contribution in [0.2, 0.25) is 0 Å². The molecule has 0 radical (unpaired) electrons. The molecule has 0 aliphatic carbocycles. The third kappa shape index (κ3) is 2.81. The van der Waals surface area contributed by atoms with Gasteiger partial charge in [0.25, 0.3) is 0 Å². The van der Waals surface area contributed by atoms with Crippen LogP contribution in [0.1, 0.15) is 13.3 Å². The zero-order valence-corrected chi connectivity index (χ0v) is 7.14. The first kappa shape index (κ1) is 8.42. The highest BCUT2D eigenvalue weighted by Crippen LogP contribution is 2.09. The Morgan fingerprint density at radius 1 is 1.82 bits per heavy atom. The first-order valence-electron chi connectivity index (χ1n) is 3.47. The van der Waals surface area contributed by atoms with Crippen LogP contribution >= 0.6 is 11.5 Å². The van der Waals surface area contributed by atoms with Crippen molar-refractivity contribution in [2.24, 2.45) is 0 Å². The van der Waals surface area contributed by atoms with Crippen LogP contribution in [0.15, 0.2) is 6.33 Å². The zero-order chi connectivity index (χ0) is 8.10. The third-order valence-corrected chi connectivity index (χ3v) is 1.89. The lowest BCUT2D eigenvalue weighted by atomic mass is 10.2. The first-order chi connectivity index (χ1) is 5.33. The second-order valence-corrected chi connectivity index (χ2v) is 3.08. The Kier molecular flexibility index (Phi) is 3.25. The van der Waals surface area contributed by atoms with Crippen molar-refractivity contribution in [1.29, 1.82) is 0 Å². The summed E-state index contributed by atoms with van der Waals surface area (Å²) in [5.74, 6) is 0. The smallest absolute Gasteiger partial charge is 0.202 e. The molecule has 5 heteroatoms. The summed E-state index contributed by atoms with van der Waals surface area (Å²) in [4.78, 5) is 3.95. The van der Waals surface area contributed by atoms with Gasteiger partial charge in [-0.3, -0.25) is 0 Å². The van der Waals surface area contributed by atoms with Crippen LogP contribution in [0.25, 0.3) is 0 Å². The standard InChI is InChI=1S/C6H11N3OS/c1-5(2-3-10)9-6-7-4-8-11-6/h4-5,10H,2-3H2,1H3,(H,7,8,9). The van der Waals surface area contributed by atoms with Crippen molar-refractivity contribution >= 4 is 16.7 Å². The van der Waals surface area contributed by atoms with E-state index in [0.29, 0.717) is 0 Å². The van der Waals surface area contributed by atoms with Gasteiger partial charge in [-0.2, -0.15) is 4.37 Å². The molecule has 0 aliphatic rings. The lowest BCUT2D eigenvalue weighted by Gasteiger charge is -2.09. The maximum absolute atomic E-state index is 8.59. The molecule has 0 amide bonds. The molecule has 1 aromatic rings. The van der Waals surface area contributed by atoms with E-state index in [1.165, 1.54) is 17.9 Å². The highest BCUT2D eigenvalue weighted by molar-refractivity contribution is 7.09. The molecule has 0 fully saturated rings. The second-order valence-electron chi connectivity index (χ2n) is 2.30. The van der Waals surface area contributed by atoms with E-state index in [4.69, 9.17) is 5.11 Å². The van der Waals surface area contributed by atoms with Crippen LogP contribution in [-0.4, -0.2) is 27.1 Å². The molecular weight excluding hydrogens is 162 g/mol. The van der Waals surface area contributed by atoms with Crippen LogP contribution in [0.3, 0.4) is 0 Å². The third-order valence-electron chi connectivity index (χ3n) is 1.29. The van der Waals surface area contributed by atoms with Crippen LogP contribution in [0.4, 0.5) is 5.13 Å². The van der Waals surface area contributed by atoms with Crippen molar-refractivity contribution in [3.8, 4) is 0 Å². The summed E-state index contributed by atoms with van der Waals surface area (Å²) in [6.07, 6.45) is 2.25. The van der Waals surface area contributed by atoms with Crippen molar-refractivity contribution in [2.45, 2.75) is 19.4 Å². The molecule has 0 aromatic carbocycles. The number of hydrogen-bond acceptors (Lipinski definition) is 5. The second kappa shape index (κ2) is 4.25. The number of aliphatic hydroxyl groups excluding tert-OH is 1. The molecule has 62 valence electrons. The van der Waals surface area contributed by atoms with E-state index in [0.717, 1.165) is 11.6 Å². The first-order valence-corrected chi connectivity index (χ1v) is 4.24. The maximum Gasteiger partial charge on any atom is 0.202 e. The normalized spacial score (nSPS) is 12.9. The fourth-order valence-electron chi connectivity index (χ4n) is 0.713. The predicted octanol–water partition coefficient (Wildman–Crippen LogP) is 0.721. The van der Waals surface area contributed by atoms with Crippen molar-refractivity contribution in [3.05, 3.63) is 6.33 Å². The molecule has 4 nitrogen and oxygen atoms in total. The van der Waals surface area contributed by atoms with Crippen LogP contribution in [-0.2, 0) is 0 Å². The minimum atomic E-state index is 0.201. The number of nitrogens with zero attached hydrogens (tertiary/aromatic N) is 2. The van der Waals surface area contributed by atoms with E-state index in [-0.39, 0.29) is 12.6 Å². The SMILES string of the molecule is CC(CCO)Nc1ncns1. The van der Waals surface area contributed by atoms with Crippen LogP contribution in [0.5, 0.6) is 0 Å². The minimum absolute atomic E-state index is 0.201.